The van der Waals surface area contributed by atoms with Crippen LogP contribution in [0.2, 0.25) is 0 Å². The molecule has 1 aliphatic heterocycles. The highest BCUT2D eigenvalue weighted by molar-refractivity contribution is 7.89. The summed E-state index contributed by atoms with van der Waals surface area (Å²) >= 11 is 0. The molecule has 0 spiro atoms. The van der Waals surface area contributed by atoms with Gasteiger partial charge in [0, 0.05) is 30.8 Å². The smallest absolute Gasteiger partial charge is 0.284 e. The molecule has 1 saturated heterocycles. The number of piperidine rings is 1. The third-order valence-electron chi connectivity index (χ3n) is 6.75. The van der Waals surface area contributed by atoms with Gasteiger partial charge in [-0.15, -0.1) is 9.19 Å². The van der Waals surface area contributed by atoms with Crippen molar-refractivity contribution in [3.8, 4) is 0 Å². The van der Waals surface area contributed by atoms with Gasteiger partial charge in [-0.3, -0.25) is 0 Å². The molecule has 0 radical (unpaired) electrons. The number of nitrogens with zero attached hydrogens (tertiary/aromatic N) is 4. The van der Waals surface area contributed by atoms with Crippen molar-refractivity contribution in [2.24, 2.45) is 0 Å². The molecule has 2 heterocycles. The van der Waals surface area contributed by atoms with Crippen molar-refractivity contribution in [1.82, 2.24) is 19.3 Å². The van der Waals surface area contributed by atoms with Gasteiger partial charge < -0.3 is 4.90 Å². The molecule has 6 nitrogen and oxygen atoms in total. The zero-order valence-electron chi connectivity index (χ0n) is 21.0. The van der Waals surface area contributed by atoms with Crippen molar-refractivity contribution in [3.05, 3.63) is 119 Å². The lowest BCUT2D eigenvalue weighted by Crippen LogP contribution is -2.31. The summed E-state index contributed by atoms with van der Waals surface area (Å²) < 4.78 is 54.3. The van der Waals surface area contributed by atoms with Crippen LogP contribution in [-0.4, -0.2) is 40.8 Å². The number of hydrogen-bond acceptors (Lipinski definition) is 5. The second-order valence-electron chi connectivity index (χ2n) is 9.43. The molecule has 0 bridgehead atoms. The van der Waals surface area contributed by atoms with Crippen molar-refractivity contribution < 1.29 is 17.2 Å². The summed E-state index contributed by atoms with van der Waals surface area (Å²) in [5, 5.41) is 8.02. The fourth-order valence-corrected chi connectivity index (χ4v) is 5.82. The van der Waals surface area contributed by atoms with E-state index >= 15 is 0 Å². The molecule has 4 aromatic rings. The van der Waals surface area contributed by atoms with Gasteiger partial charge in [0.25, 0.3) is 10.0 Å². The Balaban J connectivity index is 1.43. The molecule has 0 saturated carbocycles. The predicted molar refractivity (Wildman–Crippen MR) is 142 cm³/mol. The fraction of sp³-hybridized carbons (Fsp3) is 0.241. The molecule has 0 aliphatic carbocycles. The predicted octanol–water partition coefficient (Wildman–Crippen LogP) is 5.59. The van der Waals surface area contributed by atoms with Crippen molar-refractivity contribution >= 4 is 15.6 Å². The molecule has 9 heteroatoms. The summed E-state index contributed by atoms with van der Waals surface area (Å²) in [6.45, 7) is 3.31. The van der Waals surface area contributed by atoms with E-state index in [-0.39, 0.29) is 16.5 Å². The third kappa shape index (κ3) is 5.52. The molecule has 1 aromatic heterocycles. The molecule has 0 atom stereocenters. The first kappa shape index (κ1) is 25.8. The lowest BCUT2D eigenvalue weighted by molar-refractivity contribution is 0.294. The Kier molecular flexibility index (Phi) is 7.37. The van der Waals surface area contributed by atoms with Gasteiger partial charge in [0.15, 0.2) is 0 Å². The van der Waals surface area contributed by atoms with E-state index in [1.807, 2.05) is 6.92 Å². The highest BCUT2D eigenvalue weighted by Crippen LogP contribution is 2.34. The van der Waals surface area contributed by atoms with Crippen LogP contribution in [0, 0.1) is 18.6 Å². The number of aromatic nitrogens is 3. The first-order valence-corrected chi connectivity index (χ1v) is 14.0. The number of benzene rings is 3. The van der Waals surface area contributed by atoms with Gasteiger partial charge in [-0.2, -0.15) is 8.42 Å². The van der Waals surface area contributed by atoms with Crippen LogP contribution < -0.4 is 0 Å². The van der Waals surface area contributed by atoms with Crippen LogP contribution in [0.5, 0.6) is 0 Å². The van der Waals surface area contributed by atoms with E-state index < -0.39 is 10.0 Å². The molecular formula is C29H28F2N4O2S. The van der Waals surface area contributed by atoms with Crippen LogP contribution in [0.25, 0.3) is 5.57 Å². The minimum absolute atomic E-state index is 0.157. The van der Waals surface area contributed by atoms with Gasteiger partial charge >= 0.3 is 0 Å². The Bertz CT molecular complexity index is 1500. The molecule has 5 rings (SSSR count). The molecule has 0 N–H and O–H groups in total. The van der Waals surface area contributed by atoms with Crippen LogP contribution >= 0.6 is 0 Å². The quantitative estimate of drug-likeness (QED) is 0.309. The monoisotopic (exact) mass is 534 g/mol. The Morgan fingerprint density at radius 2 is 1.47 bits per heavy atom. The molecule has 0 amide bonds. The van der Waals surface area contributed by atoms with Crippen LogP contribution in [0.3, 0.4) is 0 Å². The number of allylic oxidation sites excluding steroid dienone is 1. The highest BCUT2D eigenvalue weighted by atomic mass is 32.2. The summed E-state index contributed by atoms with van der Waals surface area (Å²) in [6.07, 6.45) is 4.79. The minimum atomic E-state index is -3.82. The van der Waals surface area contributed by atoms with Crippen LogP contribution in [-0.2, 0) is 16.4 Å². The van der Waals surface area contributed by atoms with E-state index in [0.29, 0.717) is 18.7 Å². The minimum Gasteiger partial charge on any atom is -0.374 e. The third-order valence-corrected chi connectivity index (χ3v) is 8.29. The Morgan fingerprint density at radius 3 is 2.08 bits per heavy atom. The molecule has 3 aromatic carbocycles. The van der Waals surface area contributed by atoms with E-state index in [4.69, 9.17) is 0 Å². The summed E-state index contributed by atoms with van der Waals surface area (Å²) in [5.41, 5.74) is 5.28. The van der Waals surface area contributed by atoms with E-state index in [1.54, 1.807) is 48.5 Å². The number of likely N-dealkylation sites (tertiary alicyclic amines) is 1. The fourth-order valence-electron chi connectivity index (χ4n) is 4.73. The SMILES string of the molecule is Cc1ccc(S(=O)(=O)n2cc(CCN3CCCCC3=C(c3ccc(F)cc3)c3ccc(F)cc3)nn2)cc1. The molecular weight excluding hydrogens is 506 g/mol. The second-order valence-corrected chi connectivity index (χ2v) is 11.2. The van der Waals surface area contributed by atoms with Crippen molar-refractivity contribution in [3.63, 3.8) is 0 Å². The van der Waals surface area contributed by atoms with Crippen LogP contribution in [0.1, 0.15) is 41.6 Å². The van der Waals surface area contributed by atoms with Gasteiger partial charge in [-0.05, 0) is 73.7 Å². The number of hydrogen-bond donors (Lipinski definition) is 0. The molecule has 1 fully saturated rings. The van der Waals surface area contributed by atoms with E-state index in [1.165, 1.54) is 30.5 Å². The first-order chi connectivity index (χ1) is 18.3. The Labute approximate surface area is 221 Å². The van der Waals surface area contributed by atoms with E-state index in [2.05, 4.69) is 15.2 Å². The largest absolute Gasteiger partial charge is 0.374 e. The maximum atomic E-state index is 13.7. The summed E-state index contributed by atoms with van der Waals surface area (Å²) in [4.78, 5) is 2.42. The standard InChI is InChI=1S/C29H28F2N4O2S/c1-21-5-15-27(16-6-21)38(36,37)35-20-26(32-33-35)17-19-34-18-3-2-4-28(34)29(22-7-11-24(30)12-8-22)23-9-13-25(31)14-10-23/h5-16,20H,2-4,17-19H2,1H3. The lowest BCUT2D eigenvalue weighted by atomic mass is 9.91. The van der Waals surface area contributed by atoms with Crippen LogP contribution in [0.15, 0.2) is 89.6 Å². The molecule has 38 heavy (non-hydrogen) atoms. The van der Waals surface area contributed by atoms with E-state index in [9.17, 15) is 17.2 Å². The maximum absolute atomic E-state index is 13.7. The summed E-state index contributed by atoms with van der Waals surface area (Å²) in [7, 11) is -3.82. The van der Waals surface area contributed by atoms with Gasteiger partial charge in [0.2, 0.25) is 0 Å². The van der Waals surface area contributed by atoms with Crippen molar-refractivity contribution in [2.45, 2.75) is 37.5 Å². The van der Waals surface area contributed by atoms with Gasteiger partial charge in [0.05, 0.1) is 16.8 Å². The number of aryl methyl sites for hydroxylation is 1. The second kappa shape index (κ2) is 10.9. The van der Waals surface area contributed by atoms with Gasteiger partial charge in [0.1, 0.15) is 11.6 Å². The topological polar surface area (TPSA) is 68.1 Å². The highest BCUT2D eigenvalue weighted by Gasteiger charge is 2.23. The molecule has 1 aliphatic rings. The van der Waals surface area contributed by atoms with Gasteiger partial charge in [-0.25, -0.2) is 8.78 Å². The summed E-state index contributed by atoms with van der Waals surface area (Å²) in [5.74, 6) is -0.636. The first-order valence-electron chi connectivity index (χ1n) is 12.5. The zero-order valence-corrected chi connectivity index (χ0v) is 21.8. The van der Waals surface area contributed by atoms with Crippen molar-refractivity contribution in [2.75, 3.05) is 13.1 Å². The summed E-state index contributed by atoms with van der Waals surface area (Å²) in [6, 6.07) is 19.3. The Morgan fingerprint density at radius 1 is 0.868 bits per heavy atom. The zero-order chi connectivity index (χ0) is 26.7. The molecule has 196 valence electrons. The lowest BCUT2D eigenvalue weighted by Gasteiger charge is -2.34. The molecule has 0 unspecified atom stereocenters. The van der Waals surface area contributed by atoms with Gasteiger partial charge in [-0.1, -0.05) is 47.2 Å². The maximum Gasteiger partial charge on any atom is 0.284 e. The average Bonchev–Trinajstić information content (AvgIpc) is 3.41. The van der Waals surface area contributed by atoms with Crippen LogP contribution in [0.4, 0.5) is 8.78 Å². The van der Waals surface area contributed by atoms with E-state index in [0.717, 1.165) is 57.9 Å². The number of halogens is 2. The average molecular weight is 535 g/mol. The normalized spacial score (nSPS) is 14.1. The van der Waals surface area contributed by atoms with Crippen molar-refractivity contribution in [1.29, 1.82) is 0 Å². The Hall–Kier alpha value is -3.85. The number of rotatable bonds is 7.